The molecule has 0 fully saturated rings. The summed E-state index contributed by atoms with van der Waals surface area (Å²) in [5.74, 6) is -0.517. The molecule has 6 nitrogen and oxygen atoms in total. The van der Waals surface area contributed by atoms with Crippen molar-refractivity contribution in [3.63, 3.8) is 0 Å². The highest BCUT2D eigenvalue weighted by Gasteiger charge is 2.24. The summed E-state index contributed by atoms with van der Waals surface area (Å²) in [4.78, 5) is 26.2. The van der Waals surface area contributed by atoms with Crippen LogP contribution in [-0.2, 0) is 14.3 Å². The number of hydrogen-bond acceptors (Lipinski definition) is 5. The number of nitrogens with one attached hydrogen (secondary N) is 1. The van der Waals surface area contributed by atoms with E-state index in [2.05, 4.69) is 74.7 Å². The maximum absolute atomic E-state index is 13.2. The zero-order valence-electron chi connectivity index (χ0n) is 41.4. The fraction of sp³-hybridized carbons (Fsp3) is 0.754. The van der Waals surface area contributed by atoms with Crippen molar-refractivity contribution < 1.29 is 24.5 Å². The molecule has 3 unspecified atom stereocenters. The Labute approximate surface area is 390 Å². The first-order chi connectivity index (χ1) is 31.0. The SMILES string of the molecule is CCC/C=C/C=C/C=C/C=C/C=C/CCCCCCCC(=O)OC(CCCCC/C=C/CCCCCCCCC)CC(=O)NC(CO)C(O)CCCCCCCCCCCCCC. The average Bonchev–Trinajstić information content (AvgIpc) is 3.28. The summed E-state index contributed by atoms with van der Waals surface area (Å²) in [6.07, 6.45) is 63.8. The molecule has 0 aromatic carbocycles. The summed E-state index contributed by atoms with van der Waals surface area (Å²) in [6.45, 7) is 6.38. The number of aliphatic hydroxyl groups is 2. The average molecular weight is 880 g/mol. The largest absolute Gasteiger partial charge is 0.462 e. The number of hydrogen-bond donors (Lipinski definition) is 3. The molecule has 3 atom stereocenters. The highest BCUT2D eigenvalue weighted by molar-refractivity contribution is 5.77. The molecule has 0 heterocycles. The molecule has 0 radical (unpaired) electrons. The highest BCUT2D eigenvalue weighted by atomic mass is 16.5. The predicted molar refractivity (Wildman–Crippen MR) is 273 cm³/mol. The Morgan fingerprint density at radius 1 is 0.460 bits per heavy atom. The molecule has 0 rings (SSSR count). The van der Waals surface area contributed by atoms with Crippen LogP contribution in [0.5, 0.6) is 0 Å². The lowest BCUT2D eigenvalue weighted by Crippen LogP contribution is -2.46. The van der Waals surface area contributed by atoms with Crippen LogP contribution < -0.4 is 5.32 Å². The number of ether oxygens (including phenoxy) is 1. The van der Waals surface area contributed by atoms with Gasteiger partial charge in [0.25, 0.3) is 0 Å². The van der Waals surface area contributed by atoms with Crippen LogP contribution in [-0.4, -0.2) is 46.9 Å². The van der Waals surface area contributed by atoms with Gasteiger partial charge in [-0.15, -0.1) is 0 Å². The summed E-state index contributed by atoms with van der Waals surface area (Å²) in [7, 11) is 0. The summed E-state index contributed by atoms with van der Waals surface area (Å²) >= 11 is 0. The van der Waals surface area contributed by atoms with Gasteiger partial charge in [0.2, 0.25) is 5.91 Å². The lowest BCUT2D eigenvalue weighted by molar-refractivity contribution is -0.151. The van der Waals surface area contributed by atoms with Gasteiger partial charge in [-0.05, 0) is 70.6 Å². The number of amides is 1. The highest BCUT2D eigenvalue weighted by Crippen LogP contribution is 2.17. The number of unbranched alkanes of at least 4 members (excludes halogenated alkanes) is 27. The molecule has 0 aliphatic rings. The van der Waals surface area contributed by atoms with Gasteiger partial charge in [-0.2, -0.15) is 0 Å². The summed E-state index contributed by atoms with van der Waals surface area (Å²) in [5, 5.41) is 23.8. The second kappa shape index (κ2) is 50.3. The van der Waals surface area contributed by atoms with E-state index in [0.29, 0.717) is 19.3 Å². The van der Waals surface area contributed by atoms with E-state index < -0.39 is 18.2 Å². The number of aliphatic hydroxyl groups excluding tert-OH is 2. The zero-order chi connectivity index (χ0) is 45.9. The molecule has 6 heteroatoms. The van der Waals surface area contributed by atoms with Gasteiger partial charge in [0.15, 0.2) is 0 Å². The third-order valence-electron chi connectivity index (χ3n) is 11.9. The molecule has 0 saturated heterocycles. The maximum atomic E-state index is 13.2. The van der Waals surface area contributed by atoms with Crippen LogP contribution in [0.15, 0.2) is 72.9 Å². The Morgan fingerprint density at radius 3 is 1.35 bits per heavy atom. The van der Waals surface area contributed by atoms with Crippen molar-refractivity contribution in [3.05, 3.63) is 72.9 Å². The van der Waals surface area contributed by atoms with Gasteiger partial charge in [0, 0.05) is 6.42 Å². The van der Waals surface area contributed by atoms with E-state index in [4.69, 9.17) is 4.74 Å². The van der Waals surface area contributed by atoms with Crippen LogP contribution in [0, 0.1) is 0 Å². The minimum Gasteiger partial charge on any atom is -0.462 e. The van der Waals surface area contributed by atoms with Crippen molar-refractivity contribution in [3.8, 4) is 0 Å². The zero-order valence-corrected chi connectivity index (χ0v) is 41.4. The van der Waals surface area contributed by atoms with Crippen LogP contribution in [0.3, 0.4) is 0 Å². The van der Waals surface area contributed by atoms with Crippen molar-refractivity contribution in [1.29, 1.82) is 0 Å². The molecule has 0 aromatic rings. The number of carbonyl (C=O) groups is 2. The first-order valence-corrected chi connectivity index (χ1v) is 26.7. The van der Waals surface area contributed by atoms with E-state index in [-0.39, 0.29) is 24.9 Å². The quantitative estimate of drug-likeness (QED) is 0.0245. The molecule has 0 aromatic heterocycles. The first kappa shape index (κ1) is 60.3. The Kier molecular flexibility index (Phi) is 48.1. The predicted octanol–water partition coefficient (Wildman–Crippen LogP) is 16.2. The summed E-state index contributed by atoms with van der Waals surface area (Å²) in [6, 6.07) is -0.714. The molecule has 0 saturated carbocycles. The number of carbonyl (C=O) groups excluding carboxylic acids is 2. The minimum atomic E-state index is -0.798. The monoisotopic (exact) mass is 880 g/mol. The first-order valence-electron chi connectivity index (χ1n) is 26.7. The molecule has 364 valence electrons. The van der Waals surface area contributed by atoms with Crippen molar-refractivity contribution in [2.75, 3.05) is 6.61 Å². The second-order valence-electron chi connectivity index (χ2n) is 18.0. The molecule has 63 heavy (non-hydrogen) atoms. The van der Waals surface area contributed by atoms with Gasteiger partial charge in [-0.25, -0.2) is 0 Å². The van der Waals surface area contributed by atoms with Gasteiger partial charge in [-0.3, -0.25) is 9.59 Å². The standard InChI is InChI=1S/C57H101NO5/c1-4-7-10-13-16-19-22-25-27-28-29-30-32-35-38-41-44-47-50-57(62)63-53(48-45-42-39-36-33-31-26-23-20-17-14-11-8-5-2)51-56(61)58-54(52-59)55(60)49-46-43-40-37-34-24-21-18-15-12-9-6-3/h10,13,16,19,22,25,27-31,33,53-55,59-60H,4-9,11-12,14-15,17-18,20-21,23-24,26,32,34-52H2,1-3H3,(H,58,61)/b13-10+,19-16+,25-22+,28-27+,30-29+,33-31+. The molecule has 0 spiro atoms. The van der Waals surface area contributed by atoms with E-state index in [1.165, 1.54) is 109 Å². The van der Waals surface area contributed by atoms with Crippen molar-refractivity contribution in [2.45, 2.75) is 270 Å². The van der Waals surface area contributed by atoms with E-state index in [1.54, 1.807) is 0 Å². The van der Waals surface area contributed by atoms with Crippen molar-refractivity contribution in [2.24, 2.45) is 0 Å². The van der Waals surface area contributed by atoms with E-state index >= 15 is 0 Å². The maximum Gasteiger partial charge on any atom is 0.306 e. The van der Waals surface area contributed by atoms with Crippen LogP contribution in [0.2, 0.25) is 0 Å². The molecule has 0 bridgehead atoms. The van der Waals surface area contributed by atoms with Crippen LogP contribution >= 0.6 is 0 Å². The lowest BCUT2D eigenvalue weighted by atomic mass is 10.0. The minimum absolute atomic E-state index is 0.0542. The van der Waals surface area contributed by atoms with Gasteiger partial charge >= 0.3 is 5.97 Å². The van der Waals surface area contributed by atoms with E-state index in [9.17, 15) is 19.8 Å². The Hall–Kier alpha value is -2.70. The van der Waals surface area contributed by atoms with Gasteiger partial charge in [0.1, 0.15) is 6.10 Å². The lowest BCUT2D eigenvalue weighted by Gasteiger charge is -2.24. The molecule has 0 aliphatic carbocycles. The fourth-order valence-corrected chi connectivity index (χ4v) is 7.81. The normalized spacial score (nSPS) is 13.8. The summed E-state index contributed by atoms with van der Waals surface area (Å²) < 4.78 is 5.93. The van der Waals surface area contributed by atoms with Crippen molar-refractivity contribution >= 4 is 11.9 Å². The van der Waals surface area contributed by atoms with Gasteiger partial charge in [0.05, 0.1) is 25.2 Å². The van der Waals surface area contributed by atoms with E-state index in [1.807, 2.05) is 24.3 Å². The smallest absolute Gasteiger partial charge is 0.306 e. The van der Waals surface area contributed by atoms with Crippen molar-refractivity contribution in [1.82, 2.24) is 5.32 Å². The summed E-state index contributed by atoms with van der Waals surface area (Å²) in [5.41, 5.74) is 0. The third kappa shape index (κ3) is 45.7. The Morgan fingerprint density at radius 2 is 0.857 bits per heavy atom. The third-order valence-corrected chi connectivity index (χ3v) is 11.9. The van der Waals surface area contributed by atoms with Crippen LogP contribution in [0.4, 0.5) is 0 Å². The molecule has 0 aliphatic heterocycles. The van der Waals surface area contributed by atoms with E-state index in [0.717, 1.165) is 96.3 Å². The number of rotatable bonds is 47. The van der Waals surface area contributed by atoms with Crippen LogP contribution in [0.25, 0.3) is 0 Å². The number of esters is 1. The fourth-order valence-electron chi connectivity index (χ4n) is 7.81. The van der Waals surface area contributed by atoms with Gasteiger partial charge < -0.3 is 20.3 Å². The molecule has 1 amide bonds. The Bertz CT molecular complexity index is 1170. The molecular formula is C57H101NO5. The Balaban J connectivity index is 4.65. The topological polar surface area (TPSA) is 95.9 Å². The number of allylic oxidation sites excluding steroid dienone is 12. The second-order valence-corrected chi connectivity index (χ2v) is 18.0. The molecule has 3 N–H and O–H groups in total. The van der Waals surface area contributed by atoms with Gasteiger partial charge in [-0.1, -0.05) is 241 Å². The van der Waals surface area contributed by atoms with Crippen LogP contribution in [0.1, 0.15) is 252 Å². The molecular weight excluding hydrogens is 779 g/mol.